The number of hydrazine groups is 2. The number of rotatable bonds is 0. The SMILES string of the molecule is NNC1=NS(=O)(=O)NC(=O)N1N. The standard InChI is InChI=1S/C2H6N6O3S/c3-5-1-6-12(10,11)7-2(9)8(1)4/h3-4H2,(H,5,6)(H,7,9). The van der Waals surface area contributed by atoms with Crippen molar-refractivity contribution in [1.82, 2.24) is 15.2 Å². The third kappa shape index (κ3) is 1.44. The van der Waals surface area contributed by atoms with Gasteiger partial charge < -0.3 is 0 Å². The van der Waals surface area contributed by atoms with Crippen molar-refractivity contribution in [1.29, 1.82) is 0 Å². The molecule has 0 spiro atoms. The van der Waals surface area contributed by atoms with Crippen LogP contribution in [0.2, 0.25) is 0 Å². The van der Waals surface area contributed by atoms with E-state index >= 15 is 0 Å². The molecule has 0 atom stereocenters. The molecule has 0 aromatic heterocycles. The van der Waals surface area contributed by atoms with Crippen molar-refractivity contribution in [3.63, 3.8) is 0 Å². The fourth-order valence-corrected chi connectivity index (χ4v) is 1.27. The third-order valence-corrected chi connectivity index (χ3v) is 1.84. The minimum atomic E-state index is -4.00. The molecule has 1 aliphatic heterocycles. The van der Waals surface area contributed by atoms with E-state index in [2.05, 4.69) is 4.40 Å². The van der Waals surface area contributed by atoms with Crippen molar-refractivity contribution in [2.45, 2.75) is 0 Å². The second-order valence-electron chi connectivity index (χ2n) is 1.81. The van der Waals surface area contributed by atoms with Gasteiger partial charge in [0.2, 0.25) is 5.96 Å². The summed E-state index contributed by atoms with van der Waals surface area (Å²) in [6.07, 6.45) is 0. The van der Waals surface area contributed by atoms with E-state index in [9.17, 15) is 13.2 Å². The van der Waals surface area contributed by atoms with Crippen LogP contribution >= 0.6 is 0 Å². The number of carbonyl (C=O) groups is 1. The molecular formula is C2H6N6O3S. The molecule has 0 aromatic carbocycles. The van der Waals surface area contributed by atoms with Crippen molar-refractivity contribution < 1.29 is 13.2 Å². The molecule has 0 saturated heterocycles. The van der Waals surface area contributed by atoms with Crippen LogP contribution in [0, 0.1) is 0 Å². The molecule has 10 heteroatoms. The van der Waals surface area contributed by atoms with E-state index in [4.69, 9.17) is 11.7 Å². The van der Waals surface area contributed by atoms with Crippen molar-refractivity contribution >= 4 is 22.2 Å². The van der Waals surface area contributed by atoms with E-state index in [0.29, 0.717) is 5.01 Å². The lowest BCUT2D eigenvalue weighted by Gasteiger charge is -2.21. The maximum absolute atomic E-state index is 10.7. The van der Waals surface area contributed by atoms with Crippen molar-refractivity contribution in [3.05, 3.63) is 0 Å². The largest absolute Gasteiger partial charge is 0.353 e. The zero-order chi connectivity index (χ0) is 9.35. The van der Waals surface area contributed by atoms with Gasteiger partial charge in [-0.15, -0.1) is 4.40 Å². The van der Waals surface area contributed by atoms with Crippen LogP contribution in [-0.4, -0.2) is 25.4 Å². The molecule has 0 radical (unpaired) electrons. The number of amides is 2. The summed E-state index contributed by atoms with van der Waals surface area (Å²) >= 11 is 0. The first kappa shape index (κ1) is 8.70. The van der Waals surface area contributed by atoms with E-state index in [-0.39, 0.29) is 0 Å². The van der Waals surface area contributed by atoms with Gasteiger partial charge >= 0.3 is 16.2 Å². The van der Waals surface area contributed by atoms with Crippen LogP contribution in [0.25, 0.3) is 0 Å². The van der Waals surface area contributed by atoms with Crippen LogP contribution in [0.1, 0.15) is 0 Å². The first-order chi connectivity index (χ1) is 5.46. The number of urea groups is 1. The monoisotopic (exact) mass is 194 g/mol. The maximum Gasteiger partial charge on any atom is 0.353 e. The Morgan fingerprint density at radius 1 is 1.58 bits per heavy atom. The molecule has 1 heterocycles. The van der Waals surface area contributed by atoms with Crippen LogP contribution in [0.4, 0.5) is 4.79 Å². The highest BCUT2D eigenvalue weighted by Gasteiger charge is 2.27. The number of nitrogens with one attached hydrogen (secondary N) is 2. The molecule has 1 aliphatic rings. The minimum Gasteiger partial charge on any atom is -0.292 e. The second-order valence-corrected chi connectivity index (χ2v) is 3.15. The number of guanidine groups is 1. The molecule has 0 fully saturated rings. The summed E-state index contributed by atoms with van der Waals surface area (Å²) in [4.78, 5) is 10.7. The number of carbonyl (C=O) groups excluding carboxylic acids is 1. The van der Waals surface area contributed by atoms with Crippen LogP contribution in [0.3, 0.4) is 0 Å². The Bertz CT molecular complexity index is 331. The van der Waals surface area contributed by atoms with Crippen molar-refractivity contribution in [2.75, 3.05) is 0 Å². The average molecular weight is 194 g/mol. The predicted octanol–water partition coefficient (Wildman–Crippen LogP) is -3.05. The first-order valence-corrected chi connectivity index (χ1v) is 4.08. The Morgan fingerprint density at radius 3 is 2.67 bits per heavy atom. The van der Waals surface area contributed by atoms with Gasteiger partial charge in [0.1, 0.15) is 0 Å². The molecule has 6 N–H and O–H groups in total. The summed E-state index contributed by atoms with van der Waals surface area (Å²) in [5.41, 5.74) is 1.85. The zero-order valence-electron chi connectivity index (χ0n) is 5.68. The van der Waals surface area contributed by atoms with E-state index in [1.807, 2.05) is 5.43 Å². The van der Waals surface area contributed by atoms with Crippen LogP contribution in [-0.2, 0) is 10.2 Å². The van der Waals surface area contributed by atoms with Gasteiger partial charge in [0.05, 0.1) is 0 Å². The molecule has 0 saturated carbocycles. The average Bonchev–Trinajstić information content (AvgIpc) is 1.96. The molecule has 9 nitrogen and oxygen atoms in total. The minimum absolute atomic E-state index is 0.432. The number of hydrogen-bond donors (Lipinski definition) is 4. The Hall–Kier alpha value is -1.39. The summed E-state index contributed by atoms with van der Waals surface area (Å²) in [5.74, 6) is 9.42. The third-order valence-electron chi connectivity index (χ3n) is 0.999. The maximum atomic E-state index is 10.7. The van der Waals surface area contributed by atoms with Gasteiger partial charge in [0, 0.05) is 0 Å². The van der Waals surface area contributed by atoms with Gasteiger partial charge in [-0.1, -0.05) is 0 Å². The van der Waals surface area contributed by atoms with Crippen LogP contribution < -0.4 is 21.8 Å². The zero-order valence-corrected chi connectivity index (χ0v) is 6.50. The fourth-order valence-electron chi connectivity index (χ4n) is 0.532. The smallest absolute Gasteiger partial charge is 0.292 e. The summed E-state index contributed by atoms with van der Waals surface area (Å²) in [6.45, 7) is 0. The molecule has 1 rings (SSSR count). The molecular weight excluding hydrogens is 188 g/mol. The molecule has 68 valence electrons. The van der Waals surface area contributed by atoms with Crippen molar-refractivity contribution in [3.8, 4) is 0 Å². The van der Waals surface area contributed by atoms with Crippen LogP contribution in [0.5, 0.6) is 0 Å². The molecule has 0 bridgehead atoms. The van der Waals surface area contributed by atoms with E-state index < -0.39 is 22.2 Å². The second kappa shape index (κ2) is 2.58. The summed E-state index contributed by atoms with van der Waals surface area (Å²) in [7, 11) is -4.00. The Morgan fingerprint density at radius 2 is 2.17 bits per heavy atom. The fraction of sp³-hybridized carbons (Fsp3) is 0. The van der Waals surface area contributed by atoms with Crippen molar-refractivity contribution in [2.24, 2.45) is 16.1 Å². The Kier molecular flexibility index (Phi) is 1.87. The lowest BCUT2D eigenvalue weighted by atomic mass is 10.8. The molecule has 0 unspecified atom stereocenters. The molecule has 2 amide bonds. The lowest BCUT2D eigenvalue weighted by molar-refractivity contribution is 0.225. The van der Waals surface area contributed by atoms with Gasteiger partial charge in [-0.2, -0.15) is 13.4 Å². The van der Waals surface area contributed by atoms with E-state index in [0.717, 1.165) is 0 Å². The van der Waals surface area contributed by atoms with Gasteiger partial charge in [0.15, 0.2) is 0 Å². The number of nitrogens with zero attached hydrogens (tertiary/aromatic N) is 2. The van der Waals surface area contributed by atoms with E-state index in [1.54, 1.807) is 0 Å². The lowest BCUT2D eigenvalue weighted by Crippen LogP contribution is -2.59. The normalized spacial score (nSPS) is 21.3. The van der Waals surface area contributed by atoms with Gasteiger partial charge in [-0.05, 0) is 0 Å². The molecule has 0 aliphatic carbocycles. The number of hydrogen-bond acceptors (Lipinski definition) is 6. The molecule has 12 heavy (non-hydrogen) atoms. The summed E-state index contributed by atoms with van der Waals surface area (Å²) < 4.78 is 25.9. The highest BCUT2D eigenvalue weighted by atomic mass is 32.2. The highest BCUT2D eigenvalue weighted by Crippen LogP contribution is 1.97. The molecule has 0 aromatic rings. The van der Waals surface area contributed by atoms with Gasteiger partial charge in [0.25, 0.3) is 0 Å². The number of nitrogens with two attached hydrogens (primary N) is 2. The Labute approximate surface area is 67.5 Å². The quantitative estimate of drug-likeness (QED) is 0.183. The van der Waals surface area contributed by atoms with Gasteiger partial charge in [-0.3, -0.25) is 5.43 Å². The topological polar surface area (TPSA) is 143 Å². The van der Waals surface area contributed by atoms with Crippen LogP contribution in [0.15, 0.2) is 4.40 Å². The summed E-state index contributed by atoms with van der Waals surface area (Å²) in [5, 5.41) is 0.432. The Balaban J connectivity index is 3.13. The summed E-state index contributed by atoms with van der Waals surface area (Å²) in [6, 6.07) is -1.03. The van der Waals surface area contributed by atoms with Gasteiger partial charge in [-0.25, -0.2) is 21.2 Å². The first-order valence-electron chi connectivity index (χ1n) is 2.64. The predicted molar refractivity (Wildman–Crippen MR) is 38.2 cm³/mol. The van der Waals surface area contributed by atoms with E-state index in [1.165, 1.54) is 4.72 Å². The highest BCUT2D eigenvalue weighted by molar-refractivity contribution is 7.89.